The van der Waals surface area contributed by atoms with Gasteiger partial charge in [-0.1, -0.05) is 35.5 Å². The average molecular weight is 191 g/mol. The predicted octanol–water partition coefficient (Wildman–Crippen LogP) is 0.373. The van der Waals surface area contributed by atoms with Crippen LogP contribution in [0.1, 0.15) is 12.0 Å². The summed E-state index contributed by atoms with van der Waals surface area (Å²) in [4.78, 5) is 5.32. The Labute approximate surface area is 83.8 Å². The van der Waals surface area contributed by atoms with E-state index in [4.69, 9.17) is 4.84 Å². The van der Waals surface area contributed by atoms with Crippen LogP contribution in [-0.2, 0) is 4.84 Å². The van der Waals surface area contributed by atoms with Gasteiger partial charge in [-0.3, -0.25) is 0 Å². The van der Waals surface area contributed by atoms with Crippen molar-refractivity contribution in [3.05, 3.63) is 35.9 Å². The van der Waals surface area contributed by atoms with Crippen molar-refractivity contribution in [2.45, 2.75) is 12.5 Å². The Morgan fingerprint density at radius 1 is 1.43 bits per heavy atom. The number of hydrogen-bond donors (Lipinski definition) is 1. The standard InChI is InChI=1S/C11H14N2O/c1-12-8-10-7-11(13-14-10)9-5-3-2-4-6-9/h2-6,10,12H,7-8H2,1H3/p+1/t10-/m0/s1. The summed E-state index contributed by atoms with van der Waals surface area (Å²) < 4.78 is 0. The number of likely N-dealkylation sites (N-methyl/N-ethyl adjacent to an activating group) is 1. The summed E-state index contributed by atoms with van der Waals surface area (Å²) in [5.41, 5.74) is 2.24. The first kappa shape index (κ1) is 9.21. The summed E-state index contributed by atoms with van der Waals surface area (Å²) in [6.07, 6.45) is 1.17. The molecule has 0 bridgehead atoms. The quantitative estimate of drug-likeness (QED) is 0.736. The molecule has 1 aromatic rings. The lowest BCUT2D eigenvalue weighted by atomic mass is 10.1. The van der Waals surface area contributed by atoms with Gasteiger partial charge in [-0.15, -0.1) is 0 Å². The van der Waals surface area contributed by atoms with Crippen molar-refractivity contribution in [2.24, 2.45) is 5.16 Å². The molecule has 0 radical (unpaired) electrons. The van der Waals surface area contributed by atoms with Crippen LogP contribution >= 0.6 is 0 Å². The zero-order chi connectivity index (χ0) is 9.80. The van der Waals surface area contributed by atoms with Crippen LogP contribution in [-0.4, -0.2) is 25.4 Å². The first-order valence-corrected chi connectivity index (χ1v) is 4.96. The van der Waals surface area contributed by atoms with E-state index in [2.05, 4.69) is 22.6 Å². The number of nitrogens with two attached hydrogens (primary N) is 1. The second kappa shape index (κ2) is 4.24. The highest BCUT2D eigenvalue weighted by Crippen LogP contribution is 2.14. The van der Waals surface area contributed by atoms with Gasteiger partial charge >= 0.3 is 0 Å². The maximum absolute atomic E-state index is 5.32. The lowest BCUT2D eigenvalue weighted by molar-refractivity contribution is -0.633. The molecule has 1 aliphatic rings. The van der Waals surface area contributed by atoms with Gasteiger partial charge in [-0.05, 0) is 5.56 Å². The predicted molar refractivity (Wildman–Crippen MR) is 55.2 cm³/mol. The third-order valence-corrected chi connectivity index (χ3v) is 2.34. The SMILES string of the molecule is C[NH2+]C[C@@H]1CC(c2ccccc2)=NO1. The fourth-order valence-electron chi connectivity index (χ4n) is 1.62. The van der Waals surface area contributed by atoms with E-state index in [0.29, 0.717) is 0 Å². The van der Waals surface area contributed by atoms with Gasteiger partial charge in [0, 0.05) is 6.42 Å². The summed E-state index contributed by atoms with van der Waals surface area (Å²) in [5.74, 6) is 0. The first-order valence-electron chi connectivity index (χ1n) is 4.96. The van der Waals surface area contributed by atoms with Crippen molar-refractivity contribution in [3.8, 4) is 0 Å². The van der Waals surface area contributed by atoms with Gasteiger partial charge in [0.05, 0.1) is 12.8 Å². The van der Waals surface area contributed by atoms with Gasteiger partial charge in [0.1, 0.15) is 6.54 Å². The zero-order valence-electron chi connectivity index (χ0n) is 8.31. The summed E-state index contributed by atoms with van der Waals surface area (Å²) in [6.45, 7) is 0.972. The van der Waals surface area contributed by atoms with Gasteiger partial charge in [-0.25, -0.2) is 0 Å². The van der Waals surface area contributed by atoms with Crippen molar-refractivity contribution in [2.75, 3.05) is 13.6 Å². The fourth-order valence-corrected chi connectivity index (χ4v) is 1.62. The van der Waals surface area contributed by atoms with Gasteiger partial charge in [0.2, 0.25) is 0 Å². The number of benzene rings is 1. The maximum atomic E-state index is 5.32. The van der Waals surface area contributed by atoms with Crippen LogP contribution in [0.15, 0.2) is 35.5 Å². The maximum Gasteiger partial charge on any atom is 0.181 e. The normalized spacial score (nSPS) is 20.4. The molecule has 3 nitrogen and oxygen atoms in total. The van der Waals surface area contributed by atoms with Crippen molar-refractivity contribution in [3.63, 3.8) is 0 Å². The summed E-state index contributed by atoms with van der Waals surface area (Å²) in [5, 5.41) is 6.22. The van der Waals surface area contributed by atoms with Gasteiger partial charge in [0.15, 0.2) is 6.10 Å². The Morgan fingerprint density at radius 3 is 2.93 bits per heavy atom. The van der Waals surface area contributed by atoms with Crippen LogP contribution in [0.5, 0.6) is 0 Å². The van der Waals surface area contributed by atoms with E-state index in [1.54, 1.807) is 0 Å². The highest BCUT2D eigenvalue weighted by atomic mass is 16.6. The van der Waals surface area contributed by atoms with E-state index in [1.165, 1.54) is 5.56 Å². The molecular formula is C11H15N2O+. The van der Waals surface area contributed by atoms with Crippen molar-refractivity contribution < 1.29 is 10.2 Å². The number of oxime groups is 1. The minimum absolute atomic E-state index is 0.246. The molecule has 0 amide bonds. The first-order chi connectivity index (χ1) is 6.90. The molecule has 0 saturated carbocycles. The number of quaternary nitrogens is 1. The molecule has 0 spiro atoms. The third-order valence-electron chi connectivity index (χ3n) is 2.34. The fraction of sp³-hybridized carbons (Fsp3) is 0.364. The van der Waals surface area contributed by atoms with Gasteiger partial charge in [0.25, 0.3) is 0 Å². The largest absolute Gasteiger partial charge is 0.386 e. The minimum atomic E-state index is 0.246. The second-order valence-corrected chi connectivity index (χ2v) is 3.48. The van der Waals surface area contributed by atoms with Crippen LogP contribution in [0, 0.1) is 0 Å². The van der Waals surface area contributed by atoms with E-state index < -0.39 is 0 Å². The zero-order valence-corrected chi connectivity index (χ0v) is 8.31. The van der Waals surface area contributed by atoms with Gasteiger partial charge < -0.3 is 10.2 Å². The van der Waals surface area contributed by atoms with Crippen LogP contribution in [0.25, 0.3) is 0 Å². The average Bonchev–Trinajstić information content (AvgIpc) is 2.68. The van der Waals surface area contributed by atoms with E-state index in [0.717, 1.165) is 18.7 Å². The molecule has 0 unspecified atom stereocenters. The molecule has 1 aromatic carbocycles. The number of rotatable bonds is 3. The molecule has 3 heteroatoms. The molecular weight excluding hydrogens is 176 g/mol. The number of hydrogen-bond acceptors (Lipinski definition) is 2. The van der Waals surface area contributed by atoms with E-state index in [1.807, 2.05) is 25.2 Å². The van der Waals surface area contributed by atoms with Crippen molar-refractivity contribution in [1.82, 2.24) is 0 Å². The Balaban J connectivity index is 2.02. The molecule has 0 saturated heterocycles. The smallest absolute Gasteiger partial charge is 0.181 e. The van der Waals surface area contributed by atoms with Crippen molar-refractivity contribution in [1.29, 1.82) is 0 Å². The number of nitrogens with zero attached hydrogens (tertiary/aromatic N) is 1. The lowest BCUT2D eigenvalue weighted by Gasteiger charge is -2.03. The van der Waals surface area contributed by atoms with E-state index in [-0.39, 0.29) is 6.10 Å². The van der Waals surface area contributed by atoms with Crippen molar-refractivity contribution >= 4 is 5.71 Å². The van der Waals surface area contributed by atoms with E-state index >= 15 is 0 Å². The minimum Gasteiger partial charge on any atom is -0.386 e. The Hall–Kier alpha value is -1.35. The van der Waals surface area contributed by atoms with Crippen LogP contribution in [0.4, 0.5) is 0 Å². The molecule has 0 fully saturated rings. The van der Waals surface area contributed by atoms with Crippen LogP contribution in [0.3, 0.4) is 0 Å². The molecule has 0 aliphatic carbocycles. The molecule has 0 aromatic heterocycles. The molecule has 2 rings (SSSR count). The highest BCUT2D eigenvalue weighted by molar-refractivity contribution is 6.01. The molecule has 2 N–H and O–H groups in total. The van der Waals surface area contributed by atoms with E-state index in [9.17, 15) is 0 Å². The second-order valence-electron chi connectivity index (χ2n) is 3.48. The lowest BCUT2D eigenvalue weighted by Crippen LogP contribution is -2.82. The summed E-state index contributed by atoms with van der Waals surface area (Å²) >= 11 is 0. The molecule has 1 heterocycles. The summed E-state index contributed by atoms with van der Waals surface area (Å²) in [7, 11) is 2.05. The Kier molecular flexibility index (Phi) is 2.79. The Morgan fingerprint density at radius 2 is 2.21 bits per heavy atom. The molecule has 14 heavy (non-hydrogen) atoms. The molecule has 1 atom stereocenters. The Bertz CT molecular complexity index is 321. The summed E-state index contributed by atoms with van der Waals surface area (Å²) in [6, 6.07) is 10.2. The highest BCUT2D eigenvalue weighted by Gasteiger charge is 2.22. The molecule has 74 valence electrons. The van der Waals surface area contributed by atoms with Crippen LogP contribution in [0.2, 0.25) is 0 Å². The van der Waals surface area contributed by atoms with Crippen LogP contribution < -0.4 is 5.32 Å². The van der Waals surface area contributed by atoms with Gasteiger partial charge in [-0.2, -0.15) is 0 Å². The third kappa shape index (κ3) is 1.93. The molecule has 1 aliphatic heterocycles. The topological polar surface area (TPSA) is 38.2 Å². The monoisotopic (exact) mass is 191 g/mol.